The minimum absolute atomic E-state index is 0.112. The van der Waals surface area contributed by atoms with Crippen LogP contribution in [0.5, 0.6) is 5.75 Å². The third-order valence-electron chi connectivity index (χ3n) is 3.28. The summed E-state index contributed by atoms with van der Waals surface area (Å²) >= 11 is 0. The topological polar surface area (TPSA) is 39.4 Å². The number of hydrogen-bond donors (Lipinski definition) is 0. The van der Waals surface area contributed by atoms with Crippen molar-refractivity contribution < 1.29 is 22.3 Å². The molecule has 3 rings (SSSR count). The Morgan fingerprint density at radius 1 is 0.957 bits per heavy atom. The molecule has 0 bridgehead atoms. The van der Waals surface area contributed by atoms with E-state index in [1.54, 1.807) is 24.3 Å². The van der Waals surface area contributed by atoms with Gasteiger partial charge in [0.05, 0.1) is 5.56 Å². The summed E-state index contributed by atoms with van der Waals surface area (Å²) < 4.78 is 48.0. The number of halogens is 3. The summed E-state index contributed by atoms with van der Waals surface area (Å²) in [4.78, 5) is 11.2. The number of alkyl halides is 3. The van der Waals surface area contributed by atoms with Gasteiger partial charge >= 0.3 is 11.8 Å². The van der Waals surface area contributed by atoms with E-state index < -0.39 is 17.4 Å². The van der Waals surface area contributed by atoms with Crippen molar-refractivity contribution in [3.63, 3.8) is 0 Å². The molecule has 23 heavy (non-hydrogen) atoms. The highest BCUT2D eigenvalue weighted by atomic mass is 19.4. The Balaban J connectivity index is 1.74. The average molecular weight is 320 g/mol. The molecule has 0 aliphatic heterocycles. The fourth-order valence-corrected chi connectivity index (χ4v) is 2.09. The van der Waals surface area contributed by atoms with Crippen LogP contribution in [0.3, 0.4) is 0 Å². The largest absolute Gasteiger partial charge is 0.489 e. The number of fused-ring (bicyclic) bond motifs is 1. The Kier molecular flexibility index (Phi) is 3.82. The van der Waals surface area contributed by atoms with E-state index in [2.05, 4.69) is 0 Å². The minimum atomic E-state index is -4.35. The quantitative estimate of drug-likeness (QED) is 0.672. The number of benzene rings is 2. The highest BCUT2D eigenvalue weighted by Gasteiger charge is 2.29. The maximum Gasteiger partial charge on any atom is 0.416 e. The molecular weight excluding hydrogens is 309 g/mol. The van der Waals surface area contributed by atoms with E-state index in [9.17, 15) is 18.0 Å². The van der Waals surface area contributed by atoms with Crippen molar-refractivity contribution in [3.05, 3.63) is 76.1 Å². The van der Waals surface area contributed by atoms with Crippen molar-refractivity contribution in [2.45, 2.75) is 12.8 Å². The molecule has 0 aliphatic rings. The zero-order valence-electron chi connectivity index (χ0n) is 11.8. The van der Waals surface area contributed by atoms with Crippen LogP contribution in [-0.4, -0.2) is 0 Å². The van der Waals surface area contributed by atoms with Crippen molar-refractivity contribution in [2.24, 2.45) is 0 Å². The third kappa shape index (κ3) is 3.53. The fraction of sp³-hybridized carbons (Fsp3) is 0.118. The first-order chi connectivity index (χ1) is 10.9. The SMILES string of the molecule is O=c1ccc2ccc(OCc3ccc(C(F)(F)F)cc3)cc2o1. The summed E-state index contributed by atoms with van der Waals surface area (Å²) in [5.74, 6) is 0.465. The van der Waals surface area contributed by atoms with Crippen LogP contribution >= 0.6 is 0 Å². The normalized spacial score (nSPS) is 11.6. The van der Waals surface area contributed by atoms with Crippen molar-refractivity contribution in [1.82, 2.24) is 0 Å². The van der Waals surface area contributed by atoms with Gasteiger partial charge in [0.1, 0.15) is 17.9 Å². The number of rotatable bonds is 3. The first kappa shape index (κ1) is 15.1. The number of ether oxygens (including phenoxy) is 1. The van der Waals surface area contributed by atoms with Gasteiger partial charge in [-0.05, 0) is 35.9 Å². The van der Waals surface area contributed by atoms with Crippen LogP contribution in [0, 0.1) is 0 Å². The molecule has 0 radical (unpaired) electrons. The van der Waals surface area contributed by atoms with Gasteiger partial charge < -0.3 is 9.15 Å². The molecule has 0 aliphatic carbocycles. The molecule has 0 fully saturated rings. The monoisotopic (exact) mass is 320 g/mol. The van der Waals surface area contributed by atoms with Crippen molar-refractivity contribution in [2.75, 3.05) is 0 Å². The lowest BCUT2D eigenvalue weighted by atomic mass is 10.1. The molecule has 0 atom stereocenters. The molecule has 3 nitrogen and oxygen atoms in total. The Bertz CT molecular complexity index is 880. The lowest BCUT2D eigenvalue weighted by Gasteiger charge is -2.09. The van der Waals surface area contributed by atoms with Crippen LogP contribution in [0.25, 0.3) is 11.0 Å². The van der Waals surface area contributed by atoms with E-state index in [1.165, 1.54) is 18.2 Å². The van der Waals surface area contributed by atoms with Crippen molar-refractivity contribution in [3.8, 4) is 5.75 Å². The average Bonchev–Trinajstić information content (AvgIpc) is 2.52. The Morgan fingerprint density at radius 2 is 1.65 bits per heavy atom. The molecule has 3 aromatic rings. The van der Waals surface area contributed by atoms with Gasteiger partial charge in [0.2, 0.25) is 0 Å². The van der Waals surface area contributed by atoms with E-state index in [4.69, 9.17) is 9.15 Å². The second-order valence-electron chi connectivity index (χ2n) is 4.94. The molecule has 0 spiro atoms. The smallest absolute Gasteiger partial charge is 0.416 e. The Morgan fingerprint density at radius 3 is 2.35 bits per heavy atom. The molecule has 6 heteroatoms. The predicted octanol–water partition coefficient (Wildman–Crippen LogP) is 4.39. The molecular formula is C17H11F3O3. The van der Waals surface area contributed by atoms with Gasteiger partial charge in [0, 0.05) is 17.5 Å². The van der Waals surface area contributed by atoms with E-state index in [-0.39, 0.29) is 6.61 Å². The van der Waals surface area contributed by atoms with Crippen LogP contribution in [0.2, 0.25) is 0 Å². The Hall–Kier alpha value is -2.76. The molecule has 0 N–H and O–H groups in total. The molecule has 2 aromatic carbocycles. The van der Waals surface area contributed by atoms with Crippen LogP contribution in [-0.2, 0) is 12.8 Å². The summed E-state index contributed by atoms with van der Waals surface area (Å²) in [6.45, 7) is 0.112. The van der Waals surface area contributed by atoms with Crippen LogP contribution in [0.4, 0.5) is 13.2 Å². The molecule has 1 heterocycles. The van der Waals surface area contributed by atoms with Crippen LogP contribution < -0.4 is 10.4 Å². The second-order valence-corrected chi connectivity index (χ2v) is 4.94. The summed E-state index contributed by atoms with van der Waals surface area (Å²) in [5, 5.41) is 0.756. The highest BCUT2D eigenvalue weighted by molar-refractivity contribution is 5.77. The van der Waals surface area contributed by atoms with Crippen LogP contribution in [0.1, 0.15) is 11.1 Å². The maximum atomic E-state index is 12.5. The molecule has 0 saturated carbocycles. The van der Waals surface area contributed by atoms with Crippen molar-refractivity contribution >= 4 is 11.0 Å². The third-order valence-corrected chi connectivity index (χ3v) is 3.28. The molecule has 0 saturated heterocycles. The van der Waals surface area contributed by atoms with E-state index >= 15 is 0 Å². The summed E-state index contributed by atoms with van der Waals surface area (Å²) in [6.07, 6.45) is -4.35. The van der Waals surface area contributed by atoms with E-state index in [1.807, 2.05) is 0 Å². The summed E-state index contributed by atoms with van der Waals surface area (Å²) in [6, 6.07) is 12.7. The predicted molar refractivity (Wildman–Crippen MR) is 78.3 cm³/mol. The van der Waals surface area contributed by atoms with Gasteiger partial charge in [-0.15, -0.1) is 0 Å². The summed E-state index contributed by atoms with van der Waals surface area (Å²) in [5.41, 5.74) is -0.166. The maximum absolute atomic E-state index is 12.5. The minimum Gasteiger partial charge on any atom is -0.489 e. The van der Waals surface area contributed by atoms with Gasteiger partial charge in [-0.1, -0.05) is 12.1 Å². The lowest BCUT2D eigenvalue weighted by Crippen LogP contribution is -2.05. The first-order valence-corrected chi connectivity index (χ1v) is 6.75. The van der Waals surface area contributed by atoms with Crippen molar-refractivity contribution in [1.29, 1.82) is 0 Å². The second kappa shape index (κ2) is 5.79. The zero-order chi connectivity index (χ0) is 16.4. The first-order valence-electron chi connectivity index (χ1n) is 6.75. The molecule has 0 unspecified atom stereocenters. The van der Waals surface area contributed by atoms with Gasteiger partial charge in [-0.2, -0.15) is 13.2 Å². The van der Waals surface area contributed by atoms with E-state index in [0.717, 1.165) is 17.5 Å². The van der Waals surface area contributed by atoms with Gasteiger partial charge in [-0.25, -0.2) is 4.79 Å². The van der Waals surface area contributed by atoms with Gasteiger partial charge in [0.15, 0.2) is 0 Å². The lowest BCUT2D eigenvalue weighted by molar-refractivity contribution is -0.137. The zero-order valence-corrected chi connectivity index (χ0v) is 11.8. The highest BCUT2D eigenvalue weighted by Crippen LogP contribution is 2.29. The molecule has 1 aromatic heterocycles. The standard InChI is InChI=1S/C17H11F3O3/c18-17(19,20)13-5-1-11(2-6-13)10-22-14-7-3-12-4-8-16(21)23-15(12)9-14/h1-9H,10H2. The van der Waals surface area contributed by atoms with Gasteiger partial charge in [0.25, 0.3) is 0 Å². The Labute approximate surface area is 128 Å². The van der Waals surface area contributed by atoms with Crippen LogP contribution in [0.15, 0.2) is 63.8 Å². The summed E-state index contributed by atoms with van der Waals surface area (Å²) in [7, 11) is 0. The number of hydrogen-bond acceptors (Lipinski definition) is 3. The molecule has 0 amide bonds. The van der Waals surface area contributed by atoms with E-state index in [0.29, 0.717) is 16.9 Å². The fourth-order valence-electron chi connectivity index (χ4n) is 2.09. The molecule has 118 valence electrons. The van der Waals surface area contributed by atoms with Gasteiger partial charge in [-0.3, -0.25) is 0 Å².